The van der Waals surface area contributed by atoms with Gasteiger partial charge in [-0.1, -0.05) is 6.07 Å². The number of sulfonamides is 1. The maximum atomic E-state index is 12.1. The zero-order valence-corrected chi connectivity index (χ0v) is 13.7. The second-order valence-electron chi connectivity index (χ2n) is 4.96. The molecule has 0 amide bonds. The zero-order valence-electron chi connectivity index (χ0n) is 12.9. The number of benzene rings is 2. The van der Waals surface area contributed by atoms with Gasteiger partial charge in [0, 0.05) is 26.2 Å². The van der Waals surface area contributed by atoms with Crippen molar-refractivity contribution in [3.8, 4) is 5.75 Å². The third-order valence-corrected chi connectivity index (χ3v) is 4.92. The number of carbonyl (C=O) groups excluding carboxylic acids is 1. The Hall–Kier alpha value is -2.78. The first-order valence-corrected chi connectivity index (χ1v) is 8.15. The van der Waals surface area contributed by atoms with E-state index in [4.69, 9.17) is 4.74 Å². The molecule has 8 nitrogen and oxygen atoms in total. The maximum absolute atomic E-state index is 12.1. The maximum Gasteiger partial charge on any atom is 0.343 e. The SMILES string of the molecule is CN(C)S(=O)(=O)c1cccc(C(=O)Oc2ccc([N+](=O)[O-])cc2)c1. The van der Waals surface area contributed by atoms with Gasteiger partial charge in [0.15, 0.2) is 0 Å². The summed E-state index contributed by atoms with van der Waals surface area (Å²) in [4.78, 5) is 22.1. The summed E-state index contributed by atoms with van der Waals surface area (Å²) in [6.45, 7) is 0. The number of ether oxygens (including phenoxy) is 1. The summed E-state index contributed by atoms with van der Waals surface area (Å²) < 4.78 is 30.3. The van der Waals surface area contributed by atoms with Gasteiger partial charge in [0.1, 0.15) is 5.75 Å². The number of esters is 1. The second-order valence-corrected chi connectivity index (χ2v) is 7.11. The molecule has 0 fully saturated rings. The van der Waals surface area contributed by atoms with Crippen LogP contribution in [0.3, 0.4) is 0 Å². The van der Waals surface area contributed by atoms with E-state index in [2.05, 4.69) is 0 Å². The molecule has 0 saturated heterocycles. The standard InChI is InChI=1S/C15H14N2O6S/c1-16(2)24(21,22)14-5-3-4-11(10-14)15(18)23-13-8-6-12(7-9-13)17(19)20/h3-10H,1-2H3. The van der Waals surface area contributed by atoms with Crippen LogP contribution in [0.5, 0.6) is 5.75 Å². The highest BCUT2D eigenvalue weighted by Crippen LogP contribution is 2.20. The van der Waals surface area contributed by atoms with Crippen LogP contribution < -0.4 is 4.74 Å². The molecule has 2 aromatic rings. The molecule has 2 aromatic carbocycles. The van der Waals surface area contributed by atoms with Crippen molar-refractivity contribution in [1.29, 1.82) is 0 Å². The molecule has 0 unspecified atom stereocenters. The number of nitro benzene ring substituents is 1. The number of carbonyl (C=O) groups is 1. The predicted octanol–water partition coefficient (Wildman–Crippen LogP) is 2.06. The molecular weight excluding hydrogens is 336 g/mol. The van der Waals surface area contributed by atoms with Crippen LogP contribution in [-0.4, -0.2) is 37.7 Å². The smallest absolute Gasteiger partial charge is 0.343 e. The van der Waals surface area contributed by atoms with E-state index >= 15 is 0 Å². The first-order valence-electron chi connectivity index (χ1n) is 6.71. The van der Waals surface area contributed by atoms with Gasteiger partial charge in [0.05, 0.1) is 15.4 Å². The largest absolute Gasteiger partial charge is 0.423 e. The van der Waals surface area contributed by atoms with E-state index in [9.17, 15) is 23.3 Å². The normalized spacial score (nSPS) is 11.3. The summed E-state index contributed by atoms with van der Waals surface area (Å²) in [5, 5.41) is 10.6. The summed E-state index contributed by atoms with van der Waals surface area (Å²) in [6, 6.07) is 10.4. The average molecular weight is 350 g/mol. The van der Waals surface area contributed by atoms with Gasteiger partial charge in [0.2, 0.25) is 10.0 Å². The highest BCUT2D eigenvalue weighted by atomic mass is 32.2. The first kappa shape index (κ1) is 17.6. The Kier molecular flexibility index (Phi) is 4.96. The Morgan fingerprint density at radius 3 is 2.29 bits per heavy atom. The molecule has 0 aliphatic heterocycles. The van der Waals surface area contributed by atoms with Crippen molar-refractivity contribution in [2.45, 2.75) is 4.90 Å². The highest BCUT2D eigenvalue weighted by molar-refractivity contribution is 7.89. The van der Waals surface area contributed by atoms with Crippen molar-refractivity contribution < 1.29 is 22.9 Å². The molecule has 24 heavy (non-hydrogen) atoms. The molecule has 0 N–H and O–H groups in total. The summed E-state index contributed by atoms with van der Waals surface area (Å²) in [7, 11) is -0.898. The summed E-state index contributed by atoms with van der Waals surface area (Å²) in [5.74, 6) is -0.647. The van der Waals surface area contributed by atoms with E-state index in [-0.39, 0.29) is 21.9 Å². The molecule has 0 radical (unpaired) electrons. The van der Waals surface area contributed by atoms with Crippen LogP contribution >= 0.6 is 0 Å². The molecule has 0 saturated carbocycles. The van der Waals surface area contributed by atoms with Crippen LogP contribution in [0.1, 0.15) is 10.4 Å². The molecule has 9 heteroatoms. The Morgan fingerprint density at radius 2 is 1.75 bits per heavy atom. The quantitative estimate of drug-likeness (QED) is 0.354. The molecule has 0 aliphatic rings. The minimum Gasteiger partial charge on any atom is -0.423 e. The minimum atomic E-state index is -3.67. The van der Waals surface area contributed by atoms with Crippen molar-refractivity contribution in [3.05, 3.63) is 64.2 Å². The van der Waals surface area contributed by atoms with E-state index in [1.54, 1.807) is 0 Å². The Morgan fingerprint density at radius 1 is 1.12 bits per heavy atom. The zero-order chi connectivity index (χ0) is 17.9. The van der Waals surface area contributed by atoms with Gasteiger partial charge in [-0.15, -0.1) is 0 Å². The molecule has 0 bridgehead atoms. The lowest BCUT2D eigenvalue weighted by molar-refractivity contribution is -0.384. The van der Waals surface area contributed by atoms with Crippen molar-refractivity contribution in [1.82, 2.24) is 4.31 Å². The summed E-state index contributed by atoms with van der Waals surface area (Å²) in [6.07, 6.45) is 0. The monoisotopic (exact) mass is 350 g/mol. The van der Waals surface area contributed by atoms with Crippen LogP contribution in [0.4, 0.5) is 5.69 Å². The lowest BCUT2D eigenvalue weighted by atomic mass is 10.2. The van der Waals surface area contributed by atoms with Gasteiger partial charge in [-0.05, 0) is 30.3 Å². The van der Waals surface area contributed by atoms with E-state index in [1.165, 1.54) is 62.6 Å². The van der Waals surface area contributed by atoms with Gasteiger partial charge in [-0.3, -0.25) is 10.1 Å². The fraction of sp³-hybridized carbons (Fsp3) is 0.133. The number of nitrogens with zero attached hydrogens (tertiary/aromatic N) is 2. The van der Waals surface area contributed by atoms with Gasteiger partial charge < -0.3 is 4.74 Å². The lowest BCUT2D eigenvalue weighted by Gasteiger charge is -2.12. The molecule has 2 rings (SSSR count). The predicted molar refractivity (Wildman–Crippen MR) is 85.4 cm³/mol. The molecule has 0 aliphatic carbocycles. The van der Waals surface area contributed by atoms with Gasteiger partial charge in [-0.25, -0.2) is 17.5 Å². The van der Waals surface area contributed by atoms with E-state index in [1.807, 2.05) is 0 Å². The summed E-state index contributed by atoms with van der Waals surface area (Å²) >= 11 is 0. The van der Waals surface area contributed by atoms with Crippen molar-refractivity contribution >= 4 is 21.7 Å². The summed E-state index contributed by atoms with van der Waals surface area (Å²) in [5.41, 5.74) is -0.0786. The number of non-ortho nitro benzene ring substituents is 1. The van der Waals surface area contributed by atoms with Crippen LogP contribution in [0.25, 0.3) is 0 Å². The van der Waals surface area contributed by atoms with Crippen LogP contribution in [0.2, 0.25) is 0 Å². The Balaban J connectivity index is 2.23. The third kappa shape index (κ3) is 3.76. The van der Waals surface area contributed by atoms with E-state index in [0.29, 0.717) is 0 Å². The Bertz CT molecular complexity index is 875. The fourth-order valence-electron chi connectivity index (χ4n) is 1.80. The highest BCUT2D eigenvalue weighted by Gasteiger charge is 2.19. The molecule has 0 atom stereocenters. The number of rotatable bonds is 5. The first-order chi connectivity index (χ1) is 11.2. The van der Waals surface area contributed by atoms with Crippen molar-refractivity contribution in [2.24, 2.45) is 0 Å². The molecule has 0 spiro atoms. The third-order valence-electron chi connectivity index (χ3n) is 3.11. The van der Waals surface area contributed by atoms with Gasteiger partial charge in [0.25, 0.3) is 5.69 Å². The molecule has 0 heterocycles. The molecule has 126 valence electrons. The number of hydrogen-bond acceptors (Lipinski definition) is 6. The van der Waals surface area contributed by atoms with Gasteiger partial charge >= 0.3 is 5.97 Å². The van der Waals surface area contributed by atoms with E-state index < -0.39 is 20.9 Å². The van der Waals surface area contributed by atoms with Gasteiger partial charge in [-0.2, -0.15) is 0 Å². The molecular formula is C15H14N2O6S. The lowest BCUT2D eigenvalue weighted by Crippen LogP contribution is -2.22. The molecule has 0 aromatic heterocycles. The van der Waals surface area contributed by atoms with Crippen molar-refractivity contribution in [3.63, 3.8) is 0 Å². The number of nitro groups is 1. The topological polar surface area (TPSA) is 107 Å². The van der Waals surface area contributed by atoms with Crippen LogP contribution in [0.15, 0.2) is 53.4 Å². The number of hydrogen-bond donors (Lipinski definition) is 0. The minimum absolute atomic E-state index is 0.0364. The van der Waals surface area contributed by atoms with E-state index in [0.717, 1.165) is 4.31 Å². The second kappa shape index (κ2) is 6.77. The fourth-order valence-corrected chi connectivity index (χ4v) is 2.74. The van der Waals surface area contributed by atoms with Crippen molar-refractivity contribution in [2.75, 3.05) is 14.1 Å². The van der Waals surface area contributed by atoms with Crippen LogP contribution in [0, 0.1) is 10.1 Å². The Labute approximate surface area is 138 Å². The van der Waals surface area contributed by atoms with Crippen LogP contribution in [-0.2, 0) is 10.0 Å². The average Bonchev–Trinajstić information content (AvgIpc) is 2.55.